The molecular weight excluding hydrogens is 546 g/mol. The summed E-state index contributed by atoms with van der Waals surface area (Å²) in [6.07, 6.45) is 3.18. The number of carbonyl (C=O) groups is 1. The molecule has 0 unspecified atom stereocenters. The summed E-state index contributed by atoms with van der Waals surface area (Å²) >= 11 is 0. The first-order valence-electron chi connectivity index (χ1n) is 14.0. The van der Waals surface area contributed by atoms with Crippen molar-refractivity contribution in [1.29, 1.82) is 0 Å². The zero-order valence-electron chi connectivity index (χ0n) is 23.7. The number of nitrogens with one attached hydrogen (secondary N) is 1. The summed E-state index contributed by atoms with van der Waals surface area (Å²) in [4.78, 5) is 48.3. The molecule has 1 fully saturated rings. The van der Waals surface area contributed by atoms with Crippen LogP contribution >= 0.6 is 0 Å². The predicted molar refractivity (Wildman–Crippen MR) is 164 cm³/mol. The third kappa shape index (κ3) is 4.71. The molecule has 12 nitrogen and oxygen atoms in total. The van der Waals surface area contributed by atoms with Crippen LogP contribution in [0, 0.1) is 0 Å². The van der Waals surface area contributed by atoms with E-state index in [0.717, 1.165) is 22.3 Å². The van der Waals surface area contributed by atoms with Crippen LogP contribution < -0.4 is 15.8 Å². The van der Waals surface area contributed by atoms with Crippen LogP contribution in [-0.2, 0) is 4.79 Å². The smallest absolute Gasteiger partial charge is 0.284 e. The highest BCUT2D eigenvalue weighted by atomic mass is 16.3. The SMILES string of the molecule is CC(C)(O)C(=O)N1CCN(c2ccc(Nc3ncc4c(=O)n5c(nc4n3)c3ccccc3n5-c3ccccn3)cc2)CC1. The molecule has 2 aromatic carbocycles. The van der Waals surface area contributed by atoms with Crippen LogP contribution in [0.1, 0.15) is 13.8 Å². The number of fused-ring (bicyclic) bond motifs is 4. The van der Waals surface area contributed by atoms with E-state index in [2.05, 4.69) is 25.2 Å². The standard InChI is InChI=1S/C31H29N9O3/c1-31(2,43)29(42)38-17-15-37(16-18-38)21-12-10-20(11-13-21)34-30-33-19-23-26(36-30)35-27-22-7-3-4-8-24(22)39(40(27)28(23)41)25-9-5-6-14-32-25/h3-14,19,43H,15-18H2,1-2H3,(H,33,34,36). The molecule has 1 amide bonds. The zero-order valence-corrected chi connectivity index (χ0v) is 23.7. The molecule has 216 valence electrons. The number of rotatable bonds is 5. The van der Waals surface area contributed by atoms with Crippen LogP contribution in [0.3, 0.4) is 0 Å². The number of amides is 1. The monoisotopic (exact) mass is 575 g/mol. The number of aromatic nitrogens is 6. The molecule has 0 atom stereocenters. The average molecular weight is 576 g/mol. The number of hydrogen-bond acceptors (Lipinski definition) is 9. The van der Waals surface area contributed by atoms with E-state index in [4.69, 9.17) is 4.98 Å². The molecule has 4 aromatic heterocycles. The minimum atomic E-state index is -1.37. The van der Waals surface area contributed by atoms with Gasteiger partial charge in [-0.15, -0.1) is 0 Å². The van der Waals surface area contributed by atoms with Crippen molar-refractivity contribution in [2.75, 3.05) is 36.4 Å². The highest BCUT2D eigenvalue weighted by molar-refractivity contribution is 5.95. The number of piperazine rings is 1. The Morgan fingerprint density at radius 3 is 2.35 bits per heavy atom. The van der Waals surface area contributed by atoms with Gasteiger partial charge in [-0.3, -0.25) is 9.59 Å². The lowest BCUT2D eigenvalue weighted by Crippen LogP contribution is -2.54. The Kier molecular flexibility index (Phi) is 6.28. The number of para-hydroxylation sites is 1. The zero-order chi connectivity index (χ0) is 29.7. The van der Waals surface area contributed by atoms with Crippen LogP contribution in [0.2, 0.25) is 0 Å². The fraction of sp³-hybridized carbons (Fsp3) is 0.226. The number of pyridine rings is 1. The largest absolute Gasteiger partial charge is 0.381 e. The Balaban J connectivity index is 1.16. The maximum Gasteiger partial charge on any atom is 0.284 e. The molecule has 12 heteroatoms. The maximum atomic E-state index is 13.8. The summed E-state index contributed by atoms with van der Waals surface area (Å²) in [6, 6.07) is 21.1. The Morgan fingerprint density at radius 1 is 0.884 bits per heavy atom. The second-order valence-electron chi connectivity index (χ2n) is 11.0. The summed E-state index contributed by atoms with van der Waals surface area (Å²) < 4.78 is 3.28. The third-order valence-electron chi connectivity index (χ3n) is 7.62. The van der Waals surface area contributed by atoms with Crippen LogP contribution in [0.15, 0.2) is 83.9 Å². The first-order valence-corrected chi connectivity index (χ1v) is 14.0. The van der Waals surface area contributed by atoms with Gasteiger partial charge in [-0.2, -0.15) is 9.50 Å². The molecule has 6 aromatic rings. The van der Waals surface area contributed by atoms with Gasteiger partial charge in [0.25, 0.3) is 11.5 Å². The van der Waals surface area contributed by atoms with Gasteiger partial charge in [0.15, 0.2) is 17.1 Å². The van der Waals surface area contributed by atoms with E-state index >= 15 is 0 Å². The maximum absolute atomic E-state index is 13.8. The van der Waals surface area contributed by atoms with E-state index in [-0.39, 0.29) is 11.5 Å². The quantitative estimate of drug-likeness (QED) is 0.318. The molecule has 7 rings (SSSR count). The number of carbonyl (C=O) groups excluding carboxylic acids is 1. The molecule has 5 heterocycles. The van der Waals surface area contributed by atoms with E-state index < -0.39 is 5.60 Å². The average Bonchev–Trinajstić information content (AvgIpc) is 3.36. The van der Waals surface area contributed by atoms with E-state index in [9.17, 15) is 14.7 Å². The first kappa shape index (κ1) is 26.5. The summed E-state index contributed by atoms with van der Waals surface area (Å²) in [6.45, 7) is 5.49. The van der Waals surface area contributed by atoms with Gasteiger partial charge >= 0.3 is 0 Å². The van der Waals surface area contributed by atoms with Crippen molar-refractivity contribution in [3.8, 4) is 5.82 Å². The molecule has 43 heavy (non-hydrogen) atoms. The molecule has 0 saturated carbocycles. The molecular formula is C31H29N9O3. The van der Waals surface area contributed by atoms with Crippen molar-refractivity contribution < 1.29 is 9.90 Å². The van der Waals surface area contributed by atoms with Gasteiger partial charge in [-0.1, -0.05) is 18.2 Å². The number of benzene rings is 2. The second-order valence-corrected chi connectivity index (χ2v) is 11.0. The van der Waals surface area contributed by atoms with E-state index in [1.807, 2.05) is 66.7 Å². The van der Waals surface area contributed by atoms with Gasteiger partial charge < -0.3 is 20.2 Å². The fourth-order valence-corrected chi connectivity index (χ4v) is 5.49. The summed E-state index contributed by atoms with van der Waals surface area (Å²) in [5.41, 5.74) is 1.73. The number of nitrogens with zero attached hydrogens (tertiary/aromatic N) is 8. The lowest BCUT2D eigenvalue weighted by molar-refractivity contribution is -0.148. The number of anilines is 3. The van der Waals surface area contributed by atoms with Crippen LogP contribution in [0.4, 0.5) is 17.3 Å². The normalized spacial score (nSPS) is 14.1. The molecule has 0 bridgehead atoms. The number of aliphatic hydroxyl groups is 1. The highest BCUT2D eigenvalue weighted by Crippen LogP contribution is 2.25. The van der Waals surface area contributed by atoms with Gasteiger partial charge in [0.05, 0.1) is 5.52 Å². The molecule has 0 radical (unpaired) electrons. The van der Waals surface area contributed by atoms with Crippen molar-refractivity contribution in [2.45, 2.75) is 19.4 Å². The highest BCUT2D eigenvalue weighted by Gasteiger charge is 2.31. The summed E-state index contributed by atoms with van der Waals surface area (Å²) in [7, 11) is 0. The van der Waals surface area contributed by atoms with E-state index in [1.54, 1.807) is 15.8 Å². The van der Waals surface area contributed by atoms with Crippen LogP contribution in [-0.4, -0.2) is 76.8 Å². The van der Waals surface area contributed by atoms with Crippen molar-refractivity contribution in [2.24, 2.45) is 0 Å². The van der Waals surface area contributed by atoms with Gasteiger partial charge in [-0.05, 0) is 62.4 Å². The Labute approximate surface area is 245 Å². The van der Waals surface area contributed by atoms with Crippen LogP contribution in [0.5, 0.6) is 0 Å². The molecule has 1 aliphatic heterocycles. The van der Waals surface area contributed by atoms with Gasteiger partial charge in [0, 0.05) is 55.3 Å². The van der Waals surface area contributed by atoms with Crippen molar-refractivity contribution in [3.05, 3.63) is 89.5 Å². The summed E-state index contributed by atoms with van der Waals surface area (Å²) in [5.74, 6) is 0.673. The predicted octanol–water partition coefficient (Wildman–Crippen LogP) is 3.14. The second kappa shape index (κ2) is 10.2. The van der Waals surface area contributed by atoms with E-state index in [1.165, 1.54) is 24.6 Å². The third-order valence-corrected chi connectivity index (χ3v) is 7.62. The molecule has 0 spiro atoms. The molecule has 1 saturated heterocycles. The topological polar surface area (TPSA) is 134 Å². The Bertz CT molecular complexity index is 2040. The molecule has 2 N–H and O–H groups in total. The molecule has 0 aliphatic carbocycles. The van der Waals surface area contributed by atoms with Gasteiger partial charge in [0.1, 0.15) is 11.0 Å². The lowest BCUT2D eigenvalue weighted by Gasteiger charge is -2.38. The number of hydrogen-bond donors (Lipinski definition) is 2. The van der Waals surface area contributed by atoms with Crippen LogP contribution in [0.25, 0.3) is 33.4 Å². The van der Waals surface area contributed by atoms with Crippen molar-refractivity contribution in [1.82, 2.24) is 34.0 Å². The Hall–Kier alpha value is -5.36. The minimum absolute atomic E-state index is 0.251. The summed E-state index contributed by atoms with van der Waals surface area (Å²) in [5, 5.41) is 14.3. The van der Waals surface area contributed by atoms with E-state index in [0.29, 0.717) is 54.6 Å². The van der Waals surface area contributed by atoms with Gasteiger partial charge in [0.2, 0.25) is 5.95 Å². The molecule has 1 aliphatic rings. The van der Waals surface area contributed by atoms with Crippen molar-refractivity contribution in [3.63, 3.8) is 0 Å². The lowest BCUT2D eigenvalue weighted by atomic mass is 10.1. The van der Waals surface area contributed by atoms with Gasteiger partial charge in [-0.25, -0.2) is 19.6 Å². The Morgan fingerprint density at radius 2 is 1.63 bits per heavy atom. The first-order chi connectivity index (χ1) is 20.8. The fourth-order valence-electron chi connectivity index (χ4n) is 5.49. The van der Waals surface area contributed by atoms with Crippen molar-refractivity contribution >= 4 is 50.8 Å². The minimum Gasteiger partial charge on any atom is -0.381 e.